The smallest absolute Gasteiger partial charge is 0.0634 e. The second kappa shape index (κ2) is 12.0. The normalized spacial score (nSPS) is 8.19. The van der Waals surface area contributed by atoms with Crippen molar-refractivity contribution in [1.82, 2.24) is 0 Å². The van der Waals surface area contributed by atoms with E-state index in [0.717, 1.165) is 10.8 Å². The van der Waals surface area contributed by atoms with Crippen molar-refractivity contribution in [2.45, 2.75) is 34.6 Å². The van der Waals surface area contributed by atoms with Gasteiger partial charge in [-0.15, -0.1) is 0 Å². The molecule has 0 amide bonds. The molecule has 0 aliphatic heterocycles. The maximum Gasteiger partial charge on any atom is 0.0634 e. The van der Waals surface area contributed by atoms with Crippen LogP contribution in [0.4, 0.5) is 5.69 Å². The van der Waals surface area contributed by atoms with Crippen LogP contribution in [0.25, 0.3) is 0 Å². The highest BCUT2D eigenvalue weighted by atomic mass is 16.5. The second-order valence-electron chi connectivity index (χ2n) is 2.75. The van der Waals surface area contributed by atoms with Crippen molar-refractivity contribution >= 4 is 5.69 Å². The molecule has 0 unspecified atom stereocenters. The van der Waals surface area contributed by atoms with Gasteiger partial charge in [0.2, 0.25) is 0 Å². The Hall–Kier alpha value is -1.06. The molecule has 0 saturated carbocycles. The fraction of sp³-hybridized carbons (Fsp3) is 0.538. The SMILES string of the molecule is CC.CC.Cc1ccc(N(O)CCN)cc1. The van der Waals surface area contributed by atoms with E-state index >= 15 is 0 Å². The molecule has 0 radical (unpaired) electrons. The summed E-state index contributed by atoms with van der Waals surface area (Å²) in [5, 5.41) is 10.5. The first-order chi connectivity index (χ1) is 7.74. The summed E-state index contributed by atoms with van der Waals surface area (Å²) in [7, 11) is 0. The van der Waals surface area contributed by atoms with Crippen molar-refractivity contribution < 1.29 is 5.21 Å². The standard InChI is InChI=1S/C9H14N2O.2C2H6/c1-8-2-4-9(5-3-8)11(12)7-6-10;2*1-2/h2-5,12H,6-7,10H2,1H3;2*1-2H3. The highest BCUT2D eigenvalue weighted by molar-refractivity contribution is 5.44. The summed E-state index contributed by atoms with van der Waals surface area (Å²) in [5.74, 6) is 0. The minimum absolute atomic E-state index is 0.449. The zero-order chi connectivity index (χ0) is 13.0. The average molecular weight is 226 g/mol. The van der Waals surface area contributed by atoms with E-state index in [9.17, 15) is 5.21 Å². The number of hydroxylamine groups is 1. The molecule has 0 atom stereocenters. The molecular formula is C13H26N2O. The monoisotopic (exact) mass is 226 g/mol. The lowest BCUT2D eigenvalue weighted by atomic mass is 10.2. The van der Waals surface area contributed by atoms with E-state index in [1.807, 2.05) is 58.9 Å². The van der Waals surface area contributed by atoms with Gasteiger partial charge in [0.05, 0.1) is 12.2 Å². The Bertz CT molecular complexity index is 234. The molecule has 3 N–H and O–H groups in total. The lowest BCUT2D eigenvalue weighted by molar-refractivity contribution is 0.257. The molecule has 1 aromatic rings. The van der Waals surface area contributed by atoms with Gasteiger partial charge in [-0.3, -0.25) is 10.3 Å². The highest BCUT2D eigenvalue weighted by Gasteiger charge is 1.99. The van der Waals surface area contributed by atoms with E-state index in [1.54, 1.807) is 0 Å². The Morgan fingerprint density at radius 3 is 1.88 bits per heavy atom. The molecule has 3 heteroatoms. The van der Waals surface area contributed by atoms with Crippen LogP contribution in [0.3, 0.4) is 0 Å². The van der Waals surface area contributed by atoms with Crippen LogP contribution in [-0.2, 0) is 0 Å². The van der Waals surface area contributed by atoms with E-state index in [2.05, 4.69) is 0 Å². The zero-order valence-electron chi connectivity index (χ0n) is 11.2. The molecule has 0 aromatic heterocycles. The fourth-order valence-corrected chi connectivity index (χ4v) is 0.968. The molecule has 0 spiro atoms. The maximum atomic E-state index is 9.36. The second-order valence-corrected chi connectivity index (χ2v) is 2.75. The molecule has 1 rings (SSSR count). The van der Waals surface area contributed by atoms with Crippen LogP contribution in [0, 0.1) is 6.92 Å². The molecule has 0 saturated heterocycles. The number of benzene rings is 1. The topological polar surface area (TPSA) is 49.5 Å². The summed E-state index contributed by atoms with van der Waals surface area (Å²) < 4.78 is 0. The molecule has 3 nitrogen and oxygen atoms in total. The molecule has 0 aliphatic carbocycles. The summed E-state index contributed by atoms with van der Waals surface area (Å²) in [6, 6.07) is 7.64. The summed E-state index contributed by atoms with van der Waals surface area (Å²) >= 11 is 0. The Morgan fingerprint density at radius 1 is 1.06 bits per heavy atom. The number of anilines is 1. The van der Waals surface area contributed by atoms with E-state index in [0.29, 0.717) is 13.1 Å². The molecule has 0 aliphatic rings. The first-order valence-electron chi connectivity index (χ1n) is 5.97. The van der Waals surface area contributed by atoms with Crippen LogP contribution in [0.1, 0.15) is 33.3 Å². The summed E-state index contributed by atoms with van der Waals surface area (Å²) in [6.45, 7) is 10.9. The molecule has 0 heterocycles. The zero-order valence-corrected chi connectivity index (χ0v) is 11.2. The minimum atomic E-state index is 0.449. The van der Waals surface area contributed by atoms with Gasteiger partial charge >= 0.3 is 0 Å². The first kappa shape index (κ1) is 17.3. The Labute approximate surface area is 99.8 Å². The third kappa shape index (κ3) is 7.26. The van der Waals surface area contributed by atoms with Gasteiger partial charge in [0, 0.05) is 6.54 Å². The van der Waals surface area contributed by atoms with Gasteiger partial charge in [-0.05, 0) is 19.1 Å². The molecule has 0 bridgehead atoms. The molecule has 94 valence electrons. The van der Waals surface area contributed by atoms with Crippen LogP contribution in [-0.4, -0.2) is 18.3 Å². The predicted octanol–water partition coefficient (Wildman–Crippen LogP) is 3.20. The van der Waals surface area contributed by atoms with Crippen LogP contribution in [0.15, 0.2) is 24.3 Å². The van der Waals surface area contributed by atoms with Crippen molar-refractivity contribution in [2.24, 2.45) is 5.73 Å². The fourth-order valence-electron chi connectivity index (χ4n) is 0.968. The van der Waals surface area contributed by atoms with E-state index in [-0.39, 0.29) is 0 Å². The van der Waals surface area contributed by atoms with Crippen LogP contribution in [0.5, 0.6) is 0 Å². The number of nitrogens with zero attached hydrogens (tertiary/aromatic N) is 1. The first-order valence-corrected chi connectivity index (χ1v) is 5.97. The van der Waals surface area contributed by atoms with Crippen molar-refractivity contribution in [1.29, 1.82) is 0 Å². The molecule has 1 aromatic carbocycles. The molecule has 0 fully saturated rings. The number of hydrogen-bond acceptors (Lipinski definition) is 3. The van der Waals surface area contributed by atoms with Gasteiger partial charge in [-0.1, -0.05) is 45.4 Å². The van der Waals surface area contributed by atoms with Gasteiger partial charge in [0.15, 0.2) is 0 Å². The molecular weight excluding hydrogens is 200 g/mol. The maximum absolute atomic E-state index is 9.36. The number of nitrogens with two attached hydrogens (primary N) is 1. The van der Waals surface area contributed by atoms with E-state index in [4.69, 9.17) is 5.73 Å². The van der Waals surface area contributed by atoms with Crippen molar-refractivity contribution in [3.05, 3.63) is 29.8 Å². The van der Waals surface area contributed by atoms with Gasteiger partial charge in [0.25, 0.3) is 0 Å². The van der Waals surface area contributed by atoms with Crippen LogP contribution in [0.2, 0.25) is 0 Å². The van der Waals surface area contributed by atoms with Crippen LogP contribution >= 0.6 is 0 Å². The summed E-state index contributed by atoms with van der Waals surface area (Å²) in [6.07, 6.45) is 0. The Morgan fingerprint density at radius 2 is 1.50 bits per heavy atom. The average Bonchev–Trinajstić information content (AvgIpc) is 2.35. The van der Waals surface area contributed by atoms with Gasteiger partial charge < -0.3 is 5.73 Å². The summed E-state index contributed by atoms with van der Waals surface area (Å²) in [5.41, 5.74) is 7.26. The van der Waals surface area contributed by atoms with E-state index < -0.39 is 0 Å². The Balaban J connectivity index is 0. The van der Waals surface area contributed by atoms with Gasteiger partial charge in [-0.2, -0.15) is 0 Å². The largest absolute Gasteiger partial charge is 0.329 e. The van der Waals surface area contributed by atoms with Crippen LogP contribution < -0.4 is 10.8 Å². The lowest BCUT2D eigenvalue weighted by Crippen LogP contribution is -2.25. The molecule has 16 heavy (non-hydrogen) atoms. The number of hydrogen-bond donors (Lipinski definition) is 2. The third-order valence-corrected chi connectivity index (χ3v) is 1.67. The van der Waals surface area contributed by atoms with Gasteiger partial charge in [0.1, 0.15) is 0 Å². The predicted molar refractivity (Wildman–Crippen MR) is 72.1 cm³/mol. The lowest BCUT2D eigenvalue weighted by Gasteiger charge is -2.15. The quantitative estimate of drug-likeness (QED) is 0.778. The van der Waals surface area contributed by atoms with E-state index in [1.165, 1.54) is 5.56 Å². The highest BCUT2D eigenvalue weighted by Crippen LogP contribution is 2.11. The van der Waals surface area contributed by atoms with Gasteiger partial charge in [-0.25, -0.2) is 0 Å². The van der Waals surface area contributed by atoms with Crippen molar-refractivity contribution in [3.63, 3.8) is 0 Å². The summed E-state index contributed by atoms with van der Waals surface area (Å²) in [4.78, 5) is 0. The number of rotatable bonds is 3. The third-order valence-electron chi connectivity index (χ3n) is 1.67. The number of aryl methyl sites for hydroxylation is 1. The van der Waals surface area contributed by atoms with Crippen molar-refractivity contribution in [3.8, 4) is 0 Å². The minimum Gasteiger partial charge on any atom is -0.329 e. The Kier molecular flexibility index (Phi) is 13.0. The van der Waals surface area contributed by atoms with Crippen molar-refractivity contribution in [2.75, 3.05) is 18.2 Å².